The molecule has 0 bridgehead atoms. The van der Waals surface area contributed by atoms with Crippen LogP contribution in [0.4, 0.5) is 5.69 Å². The Morgan fingerprint density at radius 1 is 1.24 bits per heavy atom. The molecular weight excluding hydrogens is 324 g/mol. The standard InChI is InChI=1S/C17H14N4O4/c1-11-3-5-13(10-19-11)25-15-6-4-12(9-14(15)21(23)24)16(22)17-18-7-8-20(17)2/h3-10H,1-2H3. The van der Waals surface area contributed by atoms with Gasteiger partial charge < -0.3 is 9.30 Å². The van der Waals surface area contributed by atoms with E-state index in [1.165, 1.54) is 30.6 Å². The fraction of sp³-hybridized carbons (Fsp3) is 0.118. The maximum atomic E-state index is 12.5. The molecule has 0 aliphatic carbocycles. The zero-order chi connectivity index (χ0) is 18.0. The van der Waals surface area contributed by atoms with Gasteiger partial charge in [-0.1, -0.05) is 0 Å². The Kier molecular flexibility index (Phi) is 4.25. The second-order valence-electron chi connectivity index (χ2n) is 5.37. The summed E-state index contributed by atoms with van der Waals surface area (Å²) in [7, 11) is 1.68. The van der Waals surface area contributed by atoms with Crippen LogP contribution < -0.4 is 4.74 Å². The summed E-state index contributed by atoms with van der Waals surface area (Å²) >= 11 is 0. The van der Waals surface area contributed by atoms with Gasteiger partial charge in [-0.2, -0.15) is 0 Å². The molecule has 0 aliphatic heterocycles. The highest BCUT2D eigenvalue weighted by Crippen LogP contribution is 2.32. The first-order chi connectivity index (χ1) is 12.0. The van der Waals surface area contributed by atoms with Gasteiger partial charge in [0.15, 0.2) is 5.82 Å². The minimum absolute atomic E-state index is 0.0343. The molecule has 126 valence electrons. The maximum absolute atomic E-state index is 12.5. The highest BCUT2D eigenvalue weighted by molar-refractivity contribution is 6.07. The van der Waals surface area contributed by atoms with Crippen LogP contribution in [-0.4, -0.2) is 25.2 Å². The summed E-state index contributed by atoms with van der Waals surface area (Å²) in [4.78, 5) is 31.3. The van der Waals surface area contributed by atoms with E-state index in [-0.39, 0.29) is 22.8 Å². The second kappa shape index (κ2) is 6.52. The molecule has 0 unspecified atom stereocenters. The van der Waals surface area contributed by atoms with E-state index in [0.717, 1.165) is 5.69 Å². The summed E-state index contributed by atoms with van der Waals surface area (Å²) in [5, 5.41) is 11.4. The van der Waals surface area contributed by atoms with Gasteiger partial charge in [-0.3, -0.25) is 19.9 Å². The number of nitro benzene ring substituents is 1. The van der Waals surface area contributed by atoms with Crippen LogP contribution in [0.15, 0.2) is 48.9 Å². The molecule has 1 aromatic carbocycles. The average molecular weight is 338 g/mol. The lowest BCUT2D eigenvalue weighted by Crippen LogP contribution is -2.09. The largest absolute Gasteiger partial charge is 0.449 e. The topological polar surface area (TPSA) is 100 Å². The van der Waals surface area contributed by atoms with E-state index >= 15 is 0 Å². The van der Waals surface area contributed by atoms with E-state index in [1.54, 1.807) is 29.9 Å². The van der Waals surface area contributed by atoms with Crippen LogP contribution in [0.3, 0.4) is 0 Å². The summed E-state index contributed by atoms with van der Waals surface area (Å²) in [6.45, 7) is 1.82. The van der Waals surface area contributed by atoms with Gasteiger partial charge in [-0.15, -0.1) is 0 Å². The molecule has 0 radical (unpaired) electrons. The van der Waals surface area contributed by atoms with E-state index in [0.29, 0.717) is 5.75 Å². The van der Waals surface area contributed by atoms with Crippen molar-refractivity contribution in [2.75, 3.05) is 0 Å². The van der Waals surface area contributed by atoms with Crippen molar-refractivity contribution in [1.82, 2.24) is 14.5 Å². The Morgan fingerprint density at radius 3 is 2.64 bits per heavy atom. The van der Waals surface area contributed by atoms with Gasteiger partial charge in [0.1, 0.15) is 5.75 Å². The molecule has 0 saturated carbocycles. The number of imidazole rings is 1. The molecule has 3 aromatic rings. The third-order valence-electron chi connectivity index (χ3n) is 3.55. The Hall–Kier alpha value is -3.55. The zero-order valence-corrected chi connectivity index (χ0v) is 13.5. The molecule has 0 N–H and O–H groups in total. The van der Waals surface area contributed by atoms with Crippen LogP contribution in [0.1, 0.15) is 21.9 Å². The van der Waals surface area contributed by atoms with Crippen molar-refractivity contribution in [3.05, 3.63) is 76.1 Å². The molecule has 0 spiro atoms. The predicted octanol–water partition coefficient (Wildman–Crippen LogP) is 3.06. The van der Waals surface area contributed by atoms with Crippen molar-refractivity contribution < 1.29 is 14.5 Å². The van der Waals surface area contributed by atoms with Gasteiger partial charge >= 0.3 is 5.69 Å². The van der Waals surface area contributed by atoms with Crippen molar-refractivity contribution >= 4 is 11.5 Å². The van der Waals surface area contributed by atoms with Crippen molar-refractivity contribution in [3.63, 3.8) is 0 Å². The summed E-state index contributed by atoms with van der Waals surface area (Å²) in [5.41, 5.74) is 0.661. The number of carbonyl (C=O) groups is 1. The summed E-state index contributed by atoms with van der Waals surface area (Å²) in [5.74, 6) is 0.203. The molecule has 2 aromatic heterocycles. The Labute approximate surface area is 142 Å². The Morgan fingerprint density at radius 2 is 2.04 bits per heavy atom. The number of pyridine rings is 1. The van der Waals surface area contributed by atoms with Crippen LogP contribution in [0.5, 0.6) is 11.5 Å². The molecule has 0 fully saturated rings. The lowest BCUT2D eigenvalue weighted by molar-refractivity contribution is -0.385. The van der Waals surface area contributed by atoms with E-state index in [1.807, 2.05) is 6.92 Å². The van der Waals surface area contributed by atoms with Crippen molar-refractivity contribution in [3.8, 4) is 11.5 Å². The van der Waals surface area contributed by atoms with Crippen LogP contribution in [0.25, 0.3) is 0 Å². The van der Waals surface area contributed by atoms with E-state index in [4.69, 9.17) is 4.74 Å². The van der Waals surface area contributed by atoms with Gasteiger partial charge in [0.2, 0.25) is 11.5 Å². The normalized spacial score (nSPS) is 10.5. The van der Waals surface area contributed by atoms with E-state index < -0.39 is 10.7 Å². The summed E-state index contributed by atoms with van der Waals surface area (Å²) < 4.78 is 7.09. The molecule has 0 amide bonds. The van der Waals surface area contributed by atoms with Crippen molar-refractivity contribution in [2.45, 2.75) is 6.92 Å². The summed E-state index contributed by atoms with van der Waals surface area (Å²) in [6.07, 6.45) is 4.60. The molecule has 3 rings (SSSR count). The summed E-state index contributed by atoms with van der Waals surface area (Å²) in [6, 6.07) is 7.46. The number of hydrogen-bond donors (Lipinski definition) is 0. The van der Waals surface area contributed by atoms with Gasteiger partial charge in [0, 0.05) is 36.8 Å². The number of nitrogens with zero attached hydrogens (tertiary/aromatic N) is 4. The zero-order valence-electron chi connectivity index (χ0n) is 13.5. The van der Waals surface area contributed by atoms with Crippen molar-refractivity contribution in [1.29, 1.82) is 0 Å². The first-order valence-corrected chi connectivity index (χ1v) is 7.36. The van der Waals surface area contributed by atoms with Gasteiger partial charge in [0.25, 0.3) is 0 Å². The van der Waals surface area contributed by atoms with Crippen LogP contribution in [0, 0.1) is 17.0 Å². The lowest BCUT2D eigenvalue weighted by atomic mass is 10.1. The number of aryl methyl sites for hydroxylation is 2. The predicted molar refractivity (Wildman–Crippen MR) is 88.8 cm³/mol. The smallest absolute Gasteiger partial charge is 0.312 e. The van der Waals surface area contributed by atoms with Crippen LogP contribution >= 0.6 is 0 Å². The number of carbonyl (C=O) groups excluding carboxylic acids is 1. The number of rotatable bonds is 5. The molecule has 0 atom stereocenters. The molecule has 8 heteroatoms. The fourth-order valence-electron chi connectivity index (χ4n) is 2.24. The minimum atomic E-state index is -0.591. The van der Waals surface area contributed by atoms with Crippen molar-refractivity contribution in [2.24, 2.45) is 7.05 Å². The molecule has 25 heavy (non-hydrogen) atoms. The van der Waals surface area contributed by atoms with Gasteiger partial charge in [-0.25, -0.2) is 4.98 Å². The first-order valence-electron chi connectivity index (χ1n) is 7.36. The van der Waals surface area contributed by atoms with Crippen LogP contribution in [-0.2, 0) is 7.05 Å². The monoisotopic (exact) mass is 338 g/mol. The Bertz CT molecular complexity index is 948. The minimum Gasteiger partial charge on any atom is -0.449 e. The number of ether oxygens (including phenoxy) is 1. The number of ketones is 1. The number of aromatic nitrogens is 3. The molecular formula is C17H14N4O4. The van der Waals surface area contributed by atoms with E-state index in [9.17, 15) is 14.9 Å². The first kappa shape index (κ1) is 16.3. The molecule has 0 saturated heterocycles. The van der Waals surface area contributed by atoms with Gasteiger partial charge in [-0.05, 0) is 31.2 Å². The maximum Gasteiger partial charge on any atom is 0.312 e. The number of nitro groups is 1. The number of hydrogen-bond acceptors (Lipinski definition) is 6. The number of benzene rings is 1. The highest BCUT2D eigenvalue weighted by atomic mass is 16.6. The fourth-order valence-corrected chi connectivity index (χ4v) is 2.24. The molecule has 0 aliphatic rings. The van der Waals surface area contributed by atoms with Gasteiger partial charge in [0.05, 0.1) is 11.1 Å². The molecule has 8 nitrogen and oxygen atoms in total. The second-order valence-corrected chi connectivity index (χ2v) is 5.37. The third kappa shape index (κ3) is 3.37. The quantitative estimate of drug-likeness (QED) is 0.403. The van der Waals surface area contributed by atoms with Crippen LogP contribution in [0.2, 0.25) is 0 Å². The third-order valence-corrected chi connectivity index (χ3v) is 3.55. The lowest BCUT2D eigenvalue weighted by Gasteiger charge is -2.08. The highest BCUT2D eigenvalue weighted by Gasteiger charge is 2.22. The SMILES string of the molecule is Cc1ccc(Oc2ccc(C(=O)c3nccn3C)cc2[N+](=O)[O-])cn1. The molecule has 2 heterocycles. The Balaban J connectivity index is 1.96. The van der Waals surface area contributed by atoms with E-state index in [2.05, 4.69) is 9.97 Å². The average Bonchev–Trinajstić information content (AvgIpc) is 3.02.